The molecule has 0 aromatic heterocycles. The summed E-state index contributed by atoms with van der Waals surface area (Å²) >= 11 is 0. The summed E-state index contributed by atoms with van der Waals surface area (Å²) in [5.41, 5.74) is 0. The first-order valence-corrected chi connectivity index (χ1v) is 12.8. The lowest BCUT2D eigenvalue weighted by molar-refractivity contribution is 0.324. The highest BCUT2D eigenvalue weighted by Crippen LogP contribution is 2.12. The maximum Gasteiger partial charge on any atom is 0.279 e. The van der Waals surface area contributed by atoms with E-state index in [-0.39, 0.29) is 0 Å². The second-order valence-corrected chi connectivity index (χ2v) is 14.2. The van der Waals surface area contributed by atoms with Gasteiger partial charge in [0, 0.05) is 7.11 Å². The van der Waals surface area contributed by atoms with Gasteiger partial charge in [-0.15, -0.1) is 0 Å². The van der Waals surface area contributed by atoms with Gasteiger partial charge in [-0.25, -0.2) is 0 Å². The molecule has 2 aromatic rings. The van der Waals surface area contributed by atoms with Crippen LogP contribution in [0.15, 0.2) is 60.7 Å². The number of rotatable bonds is 6. The van der Waals surface area contributed by atoms with Crippen LogP contribution in [0, 0.1) is 0 Å². The summed E-state index contributed by atoms with van der Waals surface area (Å²) in [6, 6.07) is 21.0. The van der Waals surface area contributed by atoms with E-state index in [1.807, 2.05) is 19.2 Å². The third kappa shape index (κ3) is 3.92. The lowest BCUT2D eigenvalue weighted by atomic mass is 10.4. The van der Waals surface area contributed by atoms with E-state index in [9.17, 15) is 0 Å². The van der Waals surface area contributed by atoms with Crippen molar-refractivity contribution in [3.8, 4) is 0 Å². The van der Waals surface area contributed by atoms with Crippen molar-refractivity contribution in [3.63, 3.8) is 0 Å². The van der Waals surface area contributed by atoms with Crippen molar-refractivity contribution < 1.29 is 8.85 Å². The molecule has 0 saturated carbocycles. The molecule has 0 heterocycles. The molecule has 0 spiro atoms. The molecule has 0 atom stereocenters. The van der Waals surface area contributed by atoms with Gasteiger partial charge in [-0.3, -0.25) is 0 Å². The third-order valence-corrected chi connectivity index (χ3v) is 8.62. The van der Waals surface area contributed by atoms with Gasteiger partial charge in [0.05, 0.1) is 6.23 Å². The molecule has 0 saturated heterocycles. The third-order valence-electron chi connectivity index (χ3n) is 3.54. The molecule has 2 rings (SSSR count). The van der Waals surface area contributed by atoms with Crippen molar-refractivity contribution in [3.05, 3.63) is 60.7 Å². The van der Waals surface area contributed by atoms with Crippen molar-refractivity contribution >= 4 is 27.0 Å². The number of hydrogen-bond donors (Lipinski definition) is 0. The van der Waals surface area contributed by atoms with Gasteiger partial charge in [0.15, 0.2) is 8.32 Å². The molecule has 2 nitrogen and oxygen atoms in total. The topological polar surface area (TPSA) is 18.5 Å². The average molecular weight is 317 g/mol. The summed E-state index contributed by atoms with van der Waals surface area (Å²) in [7, 11) is -2.09. The molecule has 0 unspecified atom stereocenters. The molecule has 0 N–H and O–H groups in total. The van der Waals surface area contributed by atoms with Crippen LogP contribution in [0.2, 0.25) is 19.6 Å². The SMILES string of the molecule is CO[Si](CO[Si](C)(C)C)(c1ccccc1)c1ccccc1. The van der Waals surface area contributed by atoms with Crippen LogP contribution in [-0.4, -0.2) is 30.0 Å². The van der Waals surface area contributed by atoms with E-state index in [1.54, 1.807) is 0 Å². The lowest BCUT2D eigenvalue weighted by Crippen LogP contribution is -2.65. The first-order chi connectivity index (χ1) is 9.98. The molecule has 0 bridgehead atoms. The van der Waals surface area contributed by atoms with Gasteiger partial charge in [-0.05, 0) is 30.0 Å². The fraction of sp³-hybridized carbons (Fsp3) is 0.294. The van der Waals surface area contributed by atoms with Crippen LogP contribution in [-0.2, 0) is 8.85 Å². The Bertz CT molecular complexity index is 511. The molecular formula is C17H24O2Si2. The van der Waals surface area contributed by atoms with Crippen molar-refractivity contribution in [2.75, 3.05) is 13.3 Å². The minimum Gasteiger partial charge on any atom is -0.417 e. The number of hydrogen-bond acceptors (Lipinski definition) is 2. The maximum atomic E-state index is 6.27. The summed E-state index contributed by atoms with van der Waals surface area (Å²) in [5.74, 6) is 0. The maximum absolute atomic E-state index is 6.27. The Hall–Kier alpha value is -1.21. The predicted molar refractivity (Wildman–Crippen MR) is 94.2 cm³/mol. The molecule has 0 amide bonds. The highest BCUT2D eigenvalue weighted by molar-refractivity contribution is 6.97. The largest absolute Gasteiger partial charge is 0.417 e. The lowest BCUT2D eigenvalue weighted by Gasteiger charge is -2.33. The Labute approximate surface area is 130 Å². The highest BCUT2D eigenvalue weighted by Gasteiger charge is 2.40. The normalized spacial score (nSPS) is 12.4. The summed E-state index contributed by atoms with van der Waals surface area (Å²) in [6.07, 6.45) is 0.674. The molecule has 112 valence electrons. The fourth-order valence-electron chi connectivity index (χ4n) is 2.36. The Morgan fingerprint density at radius 2 is 1.19 bits per heavy atom. The van der Waals surface area contributed by atoms with Gasteiger partial charge >= 0.3 is 0 Å². The van der Waals surface area contributed by atoms with E-state index in [0.29, 0.717) is 6.23 Å². The van der Waals surface area contributed by atoms with E-state index < -0.39 is 16.6 Å². The van der Waals surface area contributed by atoms with Crippen LogP contribution in [0.5, 0.6) is 0 Å². The van der Waals surface area contributed by atoms with Crippen molar-refractivity contribution in [2.45, 2.75) is 19.6 Å². The zero-order valence-electron chi connectivity index (χ0n) is 13.3. The highest BCUT2D eigenvalue weighted by atomic mass is 28.4. The number of benzene rings is 2. The van der Waals surface area contributed by atoms with E-state index >= 15 is 0 Å². The molecule has 0 aliphatic carbocycles. The quantitative estimate of drug-likeness (QED) is 0.763. The van der Waals surface area contributed by atoms with Crippen molar-refractivity contribution in [1.29, 1.82) is 0 Å². The molecule has 0 aliphatic rings. The van der Waals surface area contributed by atoms with E-state index in [0.717, 1.165) is 0 Å². The molecule has 21 heavy (non-hydrogen) atoms. The summed E-state index contributed by atoms with van der Waals surface area (Å²) < 4.78 is 12.4. The zero-order valence-corrected chi connectivity index (χ0v) is 15.3. The molecule has 2 aromatic carbocycles. The van der Waals surface area contributed by atoms with Gasteiger partial charge in [-0.1, -0.05) is 60.7 Å². The monoisotopic (exact) mass is 316 g/mol. The predicted octanol–water partition coefficient (Wildman–Crippen LogP) is 2.78. The summed E-state index contributed by atoms with van der Waals surface area (Å²) in [4.78, 5) is 0. The smallest absolute Gasteiger partial charge is 0.279 e. The van der Waals surface area contributed by atoms with E-state index in [2.05, 4.69) is 68.2 Å². The molecule has 4 heteroatoms. The standard InChI is InChI=1S/C17H24O2Si2/c1-18-21(15-19-20(2,3)4,16-11-7-5-8-12-16)17-13-9-6-10-14-17/h5-14H,15H2,1-4H3. The van der Waals surface area contributed by atoms with Gasteiger partial charge in [-0.2, -0.15) is 0 Å². The van der Waals surface area contributed by atoms with E-state index in [4.69, 9.17) is 8.85 Å². The fourth-order valence-corrected chi connectivity index (χ4v) is 7.62. The Balaban J connectivity index is 2.47. The van der Waals surface area contributed by atoms with Gasteiger partial charge in [0.25, 0.3) is 8.32 Å². The first kappa shape index (κ1) is 16.2. The molecular weight excluding hydrogens is 292 g/mol. The summed E-state index contributed by atoms with van der Waals surface area (Å²) in [6.45, 7) is 6.66. The minimum absolute atomic E-state index is 0.674. The first-order valence-electron chi connectivity index (χ1n) is 7.28. The Morgan fingerprint density at radius 3 is 1.52 bits per heavy atom. The zero-order chi connectivity index (χ0) is 15.3. The van der Waals surface area contributed by atoms with E-state index in [1.165, 1.54) is 10.4 Å². The van der Waals surface area contributed by atoms with Gasteiger partial charge in [0.1, 0.15) is 0 Å². The second kappa shape index (κ2) is 6.70. The second-order valence-electron chi connectivity index (χ2n) is 6.16. The van der Waals surface area contributed by atoms with Gasteiger partial charge < -0.3 is 8.85 Å². The van der Waals surface area contributed by atoms with Crippen LogP contribution in [0.25, 0.3) is 0 Å². The van der Waals surface area contributed by atoms with Crippen LogP contribution in [0.3, 0.4) is 0 Å². The summed E-state index contributed by atoms with van der Waals surface area (Å²) in [5, 5.41) is 2.52. The van der Waals surface area contributed by atoms with Crippen molar-refractivity contribution in [2.24, 2.45) is 0 Å². The van der Waals surface area contributed by atoms with Crippen LogP contribution < -0.4 is 10.4 Å². The van der Waals surface area contributed by atoms with Crippen LogP contribution >= 0.6 is 0 Å². The average Bonchev–Trinajstić information content (AvgIpc) is 2.49. The molecule has 0 radical (unpaired) electrons. The van der Waals surface area contributed by atoms with Crippen LogP contribution in [0.4, 0.5) is 0 Å². The van der Waals surface area contributed by atoms with Crippen molar-refractivity contribution in [1.82, 2.24) is 0 Å². The van der Waals surface area contributed by atoms with Crippen LogP contribution in [0.1, 0.15) is 0 Å². The molecule has 0 aliphatic heterocycles. The minimum atomic E-state index is -2.32. The Kier molecular flexibility index (Phi) is 5.16. The van der Waals surface area contributed by atoms with Gasteiger partial charge in [0.2, 0.25) is 0 Å². The Morgan fingerprint density at radius 1 is 0.762 bits per heavy atom. The molecule has 0 fully saturated rings.